The third-order valence-corrected chi connectivity index (χ3v) is 5.08. The Balaban J connectivity index is 1.93. The van der Waals surface area contributed by atoms with E-state index >= 15 is 0 Å². The summed E-state index contributed by atoms with van der Waals surface area (Å²) < 4.78 is 0. The molecule has 1 heterocycles. The highest BCUT2D eigenvalue weighted by Crippen LogP contribution is 2.23. The van der Waals surface area contributed by atoms with E-state index in [4.69, 9.17) is 0 Å². The summed E-state index contributed by atoms with van der Waals surface area (Å²) >= 11 is 0. The van der Waals surface area contributed by atoms with Crippen molar-refractivity contribution >= 4 is 0 Å². The third-order valence-electron chi connectivity index (χ3n) is 5.08. The number of benzene rings is 1. The highest BCUT2D eigenvalue weighted by atomic mass is 15.1. The van der Waals surface area contributed by atoms with Crippen LogP contribution in [0.2, 0.25) is 0 Å². The van der Waals surface area contributed by atoms with E-state index < -0.39 is 0 Å². The van der Waals surface area contributed by atoms with E-state index in [-0.39, 0.29) is 0 Å². The number of hydrogen-bond donors (Lipinski definition) is 1. The van der Waals surface area contributed by atoms with Crippen LogP contribution in [0.3, 0.4) is 0 Å². The summed E-state index contributed by atoms with van der Waals surface area (Å²) in [6.45, 7) is 10.5. The van der Waals surface area contributed by atoms with Crippen LogP contribution in [0, 0.1) is 5.92 Å². The van der Waals surface area contributed by atoms with Gasteiger partial charge < -0.3 is 10.2 Å². The molecule has 1 aromatic rings. The fourth-order valence-electron chi connectivity index (χ4n) is 3.31. The molecule has 1 aliphatic rings. The van der Waals surface area contributed by atoms with Crippen LogP contribution in [0.4, 0.5) is 0 Å². The number of hydrogen-bond acceptors (Lipinski definition) is 2. The summed E-state index contributed by atoms with van der Waals surface area (Å²) in [5.41, 5.74) is 2.84. The zero-order valence-corrected chi connectivity index (χ0v) is 14.2. The SMILES string of the molecule is CCC1CCN(CC(NC)c2ccc(C(C)C)cc2)CC1. The summed E-state index contributed by atoms with van der Waals surface area (Å²) in [7, 11) is 2.08. The molecular weight excluding hydrogens is 256 g/mol. The summed E-state index contributed by atoms with van der Waals surface area (Å²) in [5, 5.41) is 3.50. The van der Waals surface area contributed by atoms with Gasteiger partial charge in [0.1, 0.15) is 0 Å². The molecule has 1 N–H and O–H groups in total. The zero-order chi connectivity index (χ0) is 15.2. The van der Waals surface area contributed by atoms with Gasteiger partial charge in [-0.3, -0.25) is 0 Å². The van der Waals surface area contributed by atoms with Gasteiger partial charge in [0.25, 0.3) is 0 Å². The Labute approximate surface area is 130 Å². The first-order valence-corrected chi connectivity index (χ1v) is 8.63. The normalized spacial score (nSPS) is 19.1. The van der Waals surface area contributed by atoms with Gasteiger partial charge in [-0.15, -0.1) is 0 Å². The average molecular weight is 288 g/mol. The van der Waals surface area contributed by atoms with Crippen LogP contribution in [0.15, 0.2) is 24.3 Å². The van der Waals surface area contributed by atoms with Gasteiger partial charge in [-0.1, -0.05) is 51.5 Å². The van der Waals surface area contributed by atoms with Crippen LogP contribution >= 0.6 is 0 Å². The molecular formula is C19H32N2. The van der Waals surface area contributed by atoms with Gasteiger partial charge in [0.15, 0.2) is 0 Å². The second-order valence-corrected chi connectivity index (χ2v) is 6.81. The molecule has 0 aliphatic carbocycles. The Morgan fingerprint density at radius 3 is 2.14 bits per heavy atom. The minimum atomic E-state index is 0.449. The zero-order valence-electron chi connectivity index (χ0n) is 14.2. The minimum absolute atomic E-state index is 0.449. The summed E-state index contributed by atoms with van der Waals surface area (Å²) in [6.07, 6.45) is 4.10. The molecule has 1 fully saturated rings. The van der Waals surface area contributed by atoms with E-state index in [0.717, 1.165) is 12.5 Å². The van der Waals surface area contributed by atoms with Crippen LogP contribution in [0.1, 0.15) is 63.1 Å². The first-order chi connectivity index (χ1) is 10.1. The van der Waals surface area contributed by atoms with Crippen LogP contribution < -0.4 is 5.32 Å². The first kappa shape index (κ1) is 16.5. The second-order valence-electron chi connectivity index (χ2n) is 6.81. The van der Waals surface area contributed by atoms with Crippen molar-refractivity contribution in [3.05, 3.63) is 35.4 Å². The highest BCUT2D eigenvalue weighted by molar-refractivity contribution is 5.27. The molecule has 0 radical (unpaired) electrons. The Bertz CT molecular complexity index is 402. The largest absolute Gasteiger partial charge is 0.312 e. The molecule has 118 valence electrons. The van der Waals surface area contributed by atoms with Gasteiger partial charge in [0.2, 0.25) is 0 Å². The van der Waals surface area contributed by atoms with Crippen molar-refractivity contribution in [3.8, 4) is 0 Å². The lowest BCUT2D eigenvalue weighted by Crippen LogP contribution is -2.39. The van der Waals surface area contributed by atoms with Crippen LogP contribution in [-0.4, -0.2) is 31.6 Å². The van der Waals surface area contributed by atoms with E-state index in [2.05, 4.69) is 62.3 Å². The molecule has 2 rings (SSSR count). The van der Waals surface area contributed by atoms with Crippen LogP contribution in [0.5, 0.6) is 0 Å². The van der Waals surface area contributed by atoms with E-state index in [1.807, 2.05) is 0 Å². The number of likely N-dealkylation sites (N-methyl/N-ethyl adjacent to an activating group) is 1. The lowest BCUT2D eigenvalue weighted by molar-refractivity contribution is 0.168. The standard InChI is InChI=1S/C19H32N2/c1-5-16-10-12-21(13-11-16)14-19(20-4)18-8-6-17(7-9-18)15(2)3/h6-9,15-16,19-20H,5,10-14H2,1-4H3. The van der Waals surface area contributed by atoms with Crippen molar-refractivity contribution in [3.63, 3.8) is 0 Å². The molecule has 0 bridgehead atoms. The molecule has 1 unspecified atom stereocenters. The number of piperidine rings is 1. The topological polar surface area (TPSA) is 15.3 Å². The monoisotopic (exact) mass is 288 g/mol. The van der Waals surface area contributed by atoms with E-state index in [9.17, 15) is 0 Å². The molecule has 1 saturated heterocycles. The van der Waals surface area contributed by atoms with Crippen molar-refractivity contribution in [2.24, 2.45) is 5.92 Å². The van der Waals surface area contributed by atoms with Crippen molar-refractivity contribution in [2.75, 3.05) is 26.7 Å². The number of nitrogens with one attached hydrogen (secondary N) is 1. The van der Waals surface area contributed by atoms with E-state index in [1.54, 1.807) is 0 Å². The summed E-state index contributed by atoms with van der Waals surface area (Å²) in [5.74, 6) is 1.57. The minimum Gasteiger partial charge on any atom is -0.312 e. The third kappa shape index (κ3) is 4.55. The van der Waals surface area contributed by atoms with Gasteiger partial charge in [0, 0.05) is 12.6 Å². The molecule has 1 atom stereocenters. The van der Waals surface area contributed by atoms with E-state index in [1.165, 1.54) is 43.5 Å². The fraction of sp³-hybridized carbons (Fsp3) is 0.684. The predicted octanol–water partition coefficient (Wildman–Crippen LogP) is 4.19. The molecule has 1 aliphatic heterocycles. The first-order valence-electron chi connectivity index (χ1n) is 8.63. The Kier molecular flexibility index (Phi) is 6.25. The van der Waals surface area contributed by atoms with Crippen molar-refractivity contribution in [1.82, 2.24) is 10.2 Å². The Morgan fingerprint density at radius 2 is 1.67 bits per heavy atom. The van der Waals surface area contributed by atoms with Crippen LogP contribution in [-0.2, 0) is 0 Å². The maximum atomic E-state index is 3.50. The van der Waals surface area contributed by atoms with Gasteiger partial charge >= 0.3 is 0 Å². The molecule has 21 heavy (non-hydrogen) atoms. The second kappa shape index (κ2) is 7.95. The molecule has 2 nitrogen and oxygen atoms in total. The van der Waals surface area contributed by atoms with Gasteiger partial charge in [-0.2, -0.15) is 0 Å². The molecule has 1 aromatic carbocycles. The van der Waals surface area contributed by atoms with Crippen molar-refractivity contribution in [1.29, 1.82) is 0 Å². The molecule has 2 heteroatoms. The maximum absolute atomic E-state index is 3.50. The van der Waals surface area contributed by atoms with Gasteiger partial charge in [0.05, 0.1) is 0 Å². The maximum Gasteiger partial charge on any atom is 0.0446 e. The van der Waals surface area contributed by atoms with Gasteiger partial charge in [-0.05, 0) is 55.9 Å². The highest BCUT2D eigenvalue weighted by Gasteiger charge is 2.20. The number of rotatable bonds is 6. The predicted molar refractivity (Wildman–Crippen MR) is 91.8 cm³/mol. The number of likely N-dealkylation sites (tertiary alicyclic amines) is 1. The Morgan fingerprint density at radius 1 is 1.10 bits per heavy atom. The Hall–Kier alpha value is -0.860. The molecule has 0 amide bonds. The van der Waals surface area contributed by atoms with Gasteiger partial charge in [-0.25, -0.2) is 0 Å². The smallest absolute Gasteiger partial charge is 0.0446 e. The average Bonchev–Trinajstić information content (AvgIpc) is 2.53. The summed E-state index contributed by atoms with van der Waals surface area (Å²) in [6, 6.07) is 9.62. The lowest BCUT2D eigenvalue weighted by Gasteiger charge is -2.34. The quantitative estimate of drug-likeness (QED) is 0.844. The fourth-order valence-corrected chi connectivity index (χ4v) is 3.31. The van der Waals surface area contributed by atoms with Crippen molar-refractivity contribution < 1.29 is 0 Å². The van der Waals surface area contributed by atoms with Crippen molar-refractivity contribution in [2.45, 2.75) is 52.0 Å². The van der Waals surface area contributed by atoms with Crippen LogP contribution in [0.25, 0.3) is 0 Å². The lowest BCUT2D eigenvalue weighted by atomic mass is 9.93. The summed E-state index contributed by atoms with van der Waals surface area (Å²) in [4.78, 5) is 2.63. The number of nitrogens with zero attached hydrogens (tertiary/aromatic N) is 1. The molecule has 0 aromatic heterocycles. The van der Waals surface area contributed by atoms with E-state index in [0.29, 0.717) is 12.0 Å². The molecule has 0 spiro atoms. The molecule has 0 saturated carbocycles.